The lowest BCUT2D eigenvalue weighted by atomic mass is 10.1. The average molecular weight is 246 g/mol. The Hall–Kier alpha value is -1.65. The molecular weight excluding hydrogens is 228 g/mol. The van der Waals surface area contributed by atoms with E-state index < -0.39 is 0 Å². The number of hydrogen-bond donors (Lipinski definition) is 2. The van der Waals surface area contributed by atoms with Gasteiger partial charge in [-0.3, -0.25) is 4.79 Å². The minimum atomic E-state index is 0.118. The molecule has 1 amide bonds. The van der Waals surface area contributed by atoms with Crippen LogP contribution in [0.25, 0.3) is 0 Å². The zero-order valence-electron chi connectivity index (χ0n) is 10.4. The molecule has 0 saturated carbocycles. The van der Waals surface area contributed by atoms with Crippen molar-refractivity contribution in [2.24, 2.45) is 0 Å². The molecule has 1 aromatic rings. The van der Waals surface area contributed by atoms with Gasteiger partial charge in [0.15, 0.2) is 0 Å². The summed E-state index contributed by atoms with van der Waals surface area (Å²) in [6.45, 7) is 0.692. The fraction of sp³-hybridized carbons (Fsp3) is 0.615. The van der Waals surface area contributed by atoms with Crippen LogP contribution in [-0.2, 0) is 17.6 Å². The molecule has 3 rings (SSSR count). The molecule has 2 N–H and O–H groups in total. The van der Waals surface area contributed by atoms with Gasteiger partial charge in [-0.15, -0.1) is 0 Å². The number of rotatable bonds is 2. The maximum atomic E-state index is 11.2. The van der Waals surface area contributed by atoms with Gasteiger partial charge in [-0.2, -0.15) is 0 Å². The van der Waals surface area contributed by atoms with Gasteiger partial charge in [0, 0.05) is 24.2 Å². The van der Waals surface area contributed by atoms with E-state index in [2.05, 4.69) is 20.6 Å². The summed E-state index contributed by atoms with van der Waals surface area (Å²) in [4.78, 5) is 20.0. The minimum absolute atomic E-state index is 0.118. The van der Waals surface area contributed by atoms with Crippen molar-refractivity contribution < 1.29 is 4.79 Å². The molecule has 1 saturated heterocycles. The van der Waals surface area contributed by atoms with Gasteiger partial charge in [-0.05, 0) is 25.7 Å². The van der Waals surface area contributed by atoms with E-state index in [1.165, 1.54) is 30.5 Å². The van der Waals surface area contributed by atoms with Crippen molar-refractivity contribution in [2.75, 3.05) is 11.9 Å². The first kappa shape index (κ1) is 11.4. The molecule has 1 aromatic heterocycles. The van der Waals surface area contributed by atoms with Crippen molar-refractivity contribution in [3.63, 3.8) is 0 Å². The number of hydrogen-bond acceptors (Lipinski definition) is 4. The lowest BCUT2D eigenvalue weighted by molar-refractivity contribution is -0.119. The predicted molar refractivity (Wildman–Crippen MR) is 68.3 cm³/mol. The first-order chi connectivity index (χ1) is 8.83. The normalized spacial score (nSPS) is 23.1. The minimum Gasteiger partial charge on any atom is -0.365 e. The molecule has 5 heteroatoms. The molecule has 2 aliphatic rings. The van der Waals surface area contributed by atoms with E-state index in [0.717, 1.165) is 18.7 Å². The Morgan fingerprint density at radius 3 is 2.94 bits per heavy atom. The van der Waals surface area contributed by atoms with Crippen LogP contribution in [0.5, 0.6) is 0 Å². The maximum Gasteiger partial charge on any atom is 0.222 e. The lowest BCUT2D eigenvalue weighted by Crippen LogP contribution is -2.24. The van der Waals surface area contributed by atoms with E-state index in [9.17, 15) is 4.79 Å². The topological polar surface area (TPSA) is 66.9 Å². The molecule has 1 atom stereocenters. The second-order valence-electron chi connectivity index (χ2n) is 5.06. The Balaban J connectivity index is 1.81. The molecule has 18 heavy (non-hydrogen) atoms. The van der Waals surface area contributed by atoms with E-state index in [-0.39, 0.29) is 11.9 Å². The number of carbonyl (C=O) groups is 1. The number of aromatic nitrogens is 2. The number of nitrogens with one attached hydrogen (secondary N) is 2. The van der Waals surface area contributed by atoms with Crippen LogP contribution in [0.3, 0.4) is 0 Å². The first-order valence-corrected chi connectivity index (χ1v) is 6.69. The van der Waals surface area contributed by atoms with Gasteiger partial charge in [0.05, 0.1) is 6.04 Å². The smallest absolute Gasteiger partial charge is 0.222 e. The van der Waals surface area contributed by atoms with E-state index in [1.807, 2.05) is 0 Å². The maximum absolute atomic E-state index is 11.2. The van der Waals surface area contributed by atoms with Gasteiger partial charge in [0.25, 0.3) is 0 Å². The van der Waals surface area contributed by atoms with Gasteiger partial charge in [-0.25, -0.2) is 9.97 Å². The summed E-state index contributed by atoms with van der Waals surface area (Å²) in [6.07, 6.45) is 7.96. The predicted octanol–water partition coefficient (Wildman–Crippen LogP) is 1.05. The van der Waals surface area contributed by atoms with Crippen LogP contribution in [0.1, 0.15) is 36.9 Å². The van der Waals surface area contributed by atoms with Crippen LogP contribution in [-0.4, -0.2) is 28.5 Å². The third kappa shape index (κ3) is 2.30. The van der Waals surface area contributed by atoms with E-state index in [0.29, 0.717) is 13.0 Å². The molecule has 0 aromatic carbocycles. The van der Waals surface area contributed by atoms with Gasteiger partial charge in [-0.1, -0.05) is 6.42 Å². The van der Waals surface area contributed by atoms with Crippen molar-refractivity contribution >= 4 is 11.7 Å². The number of amides is 1. The number of carbonyl (C=O) groups excluding carboxylic acids is 1. The SMILES string of the molecule is O=C1CC(Nc2ncnc3c2CCCCC3)CN1. The quantitative estimate of drug-likeness (QED) is 0.765. The van der Waals surface area contributed by atoms with Gasteiger partial charge in [0.2, 0.25) is 5.91 Å². The standard InChI is InChI=1S/C13H18N4O/c18-12-6-9(7-14-12)17-13-10-4-2-1-3-5-11(10)15-8-16-13/h8-9H,1-7H2,(H,14,18)(H,15,16,17). The number of aryl methyl sites for hydroxylation is 1. The van der Waals surface area contributed by atoms with Crippen LogP contribution < -0.4 is 10.6 Å². The van der Waals surface area contributed by atoms with Crippen LogP contribution in [0.4, 0.5) is 5.82 Å². The van der Waals surface area contributed by atoms with E-state index in [4.69, 9.17) is 0 Å². The Labute approximate surface area is 106 Å². The Kier molecular flexibility index (Phi) is 3.13. The average Bonchev–Trinajstić information content (AvgIpc) is 2.65. The third-order valence-corrected chi connectivity index (χ3v) is 3.69. The van der Waals surface area contributed by atoms with Crippen molar-refractivity contribution in [1.82, 2.24) is 15.3 Å². The largest absolute Gasteiger partial charge is 0.365 e. The van der Waals surface area contributed by atoms with Crippen LogP contribution >= 0.6 is 0 Å². The summed E-state index contributed by atoms with van der Waals surface area (Å²) < 4.78 is 0. The first-order valence-electron chi connectivity index (χ1n) is 6.69. The summed E-state index contributed by atoms with van der Waals surface area (Å²) in [7, 11) is 0. The van der Waals surface area contributed by atoms with Crippen molar-refractivity contribution in [2.45, 2.75) is 44.6 Å². The Morgan fingerprint density at radius 1 is 1.22 bits per heavy atom. The molecule has 1 unspecified atom stereocenters. The summed E-state index contributed by atoms with van der Waals surface area (Å²) in [6, 6.07) is 0.166. The molecule has 1 fully saturated rings. The van der Waals surface area contributed by atoms with Crippen LogP contribution in [0, 0.1) is 0 Å². The fourth-order valence-electron chi connectivity index (χ4n) is 2.72. The number of nitrogens with zero attached hydrogens (tertiary/aromatic N) is 2. The lowest BCUT2D eigenvalue weighted by Gasteiger charge is -2.15. The van der Waals surface area contributed by atoms with E-state index >= 15 is 0 Å². The highest BCUT2D eigenvalue weighted by atomic mass is 16.1. The second-order valence-corrected chi connectivity index (χ2v) is 5.06. The van der Waals surface area contributed by atoms with Crippen LogP contribution in [0.2, 0.25) is 0 Å². The van der Waals surface area contributed by atoms with E-state index in [1.54, 1.807) is 6.33 Å². The number of anilines is 1. The summed E-state index contributed by atoms with van der Waals surface area (Å²) in [5, 5.41) is 6.23. The molecule has 1 aliphatic carbocycles. The molecule has 1 aliphatic heterocycles. The Morgan fingerprint density at radius 2 is 2.11 bits per heavy atom. The summed E-state index contributed by atoms with van der Waals surface area (Å²) in [5.41, 5.74) is 2.44. The molecule has 0 spiro atoms. The van der Waals surface area contributed by atoms with Gasteiger partial charge in [0.1, 0.15) is 12.1 Å². The van der Waals surface area contributed by atoms with Crippen molar-refractivity contribution in [3.05, 3.63) is 17.6 Å². The summed E-state index contributed by atoms with van der Waals surface area (Å²) in [5.74, 6) is 1.05. The molecule has 0 radical (unpaired) electrons. The summed E-state index contributed by atoms with van der Waals surface area (Å²) >= 11 is 0. The van der Waals surface area contributed by atoms with Crippen molar-refractivity contribution in [3.8, 4) is 0 Å². The highest BCUT2D eigenvalue weighted by Gasteiger charge is 2.23. The van der Waals surface area contributed by atoms with Gasteiger partial charge < -0.3 is 10.6 Å². The zero-order valence-corrected chi connectivity index (χ0v) is 10.4. The second kappa shape index (κ2) is 4.92. The van der Waals surface area contributed by atoms with Crippen LogP contribution in [0.15, 0.2) is 6.33 Å². The zero-order chi connectivity index (χ0) is 12.4. The molecule has 5 nitrogen and oxygen atoms in total. The monoisotopic (exact) mass is 246 g/mol. The third-order valence-electron chi connectivity index (χ3n) is 3.69. The molecule has 2 heterocycles. The van der Waals surface area contributed by atoms with Crippen molar-refractivity contribution in [1.29, 1.82) is 0 Å². The highest BCUT2D eigenvalue weighted by Crippen LogP contribution is 2.24. The highest BCUT2D eigenvalue weighted by molar-refractivity contribution is 5.79. The fourth-order valence-corrected chi connectivity index (χ4v) is 2.72. The van der Waals surface area contributed by atoms with Gasteiger partial charge >= 0.3 is 0 Å². The molecule has 96 valence electrons. The molecular formula is C13H18N4O. The number of fused-ring (bicyclic) bond motifs is 1. The Bertz CT molecular complexity index is 460. The molecule has 0 bridgehead atoms.